The van der Waals surface area contributed by atoms with E-state index in [1.807, 2.05) is 12.1 Å². The highest BCUT2D eigenvalue weighted by molar-refractivity contribution is 7.90. The highest BCUT2D eigenvalue weighted by Crippen LogP contribution is 2.49. The van der Waals surface area contributed by atoms with Gasteiger partial charge in [0.05, 0.1) is 10.6 Å². The molecule has 116 valence electrons. The predicted molar refractivity (Wildman–Crippen MR) is 86.3 cm³/mol. The Balaban J connectivity index is 1.69. The molecule has 0 aromatic heterocycles. The number of anilines is 1. The lowest BCUT2D eigenvalue weighted by Gasteiger charge is -2.38. The fourth-order valence-corrected chi connectivity index (χ4v) is 4.98. The molecular weight excluding hydrogens is 282 g/mol. The van der Waals surface area contributed by atoms with Gasteiger partial charge >= 0.3 is 0 Å². The van der Waals surface area contributed by atoms with Crippen LogP contribution < -0.4 is 5.32 Å². The zero-order chi connectivity index (χ0) is 14.9. The molecule has 21 heavy (non-hydrogen) atoms. The highest BCUT2D eigenvalue weighted by atomic mass is 32.2. The normalized spacial score (nSPS) is 22.5. The Bertz CT molecular complexity index is 593. The maximum atomic E-state index is 11.9. The van der Waals surface area contributed by atoms with Crippen molar-refractivity contribution in [2.24, 2.45) is 5.41 Å². The lowest BCUT2D eigenvalue weighted by molar-refractivity contribution is 0.188. The molecule has 2 aliphatic rings. The molecule has 3 nitrogen and oxygen atoms in total. The van der Waals surface area contributed by atoms with Crippen LogP contribution in [0.5, 0.6) is 0 Å². The van der Waals surface area contributed by atoms with Crippen molar-refractivity contribution in [3.05, 3.63) is 24.3 Å². The summed E-state index contributed by atoms with van der Waals surface area (Å²) >= 11 is 0. The molecular formula is C17H25NO2S. The SMILES string of the molecule is CS(=O)(=O)c1ccccc1NC1CCC2(CCCC2)CC1. The number of benzene rings is 1. The van der Waals surface area contributed by atoms with Crippen molar-refractivity contribution in [1.29, 1.82) is 0 Å². The zero-order valence-corrected chi connectivity index (χ0v) is 13.6. The van der Waals surface area contributed by atoms with Gasteiger partial charge in [-0.05, 0) is 56.1 Å². The summed E-state index contributed by atoms with van der Waals surface area (Å²) in [7, 11) is -3.17. The summed E-state index contributed by atoms with van der Waals surface area (Å²) in [5.41, 5.74) is 1.39. The average Bonchev–Trinajstić information content (AvgIpc) is 2.90. The second kappa shape index (κ2) is 5.64. The van der Waals surface area contributed by atoms with E-state index in [9.17, 15) is 8.42 Å². The number of nitrogens with one attached hydrogen (secondary N) is 1. The molecule has 1 aromatic rings. The van der Waals surface area contributed by atoms with Crippen LogP contribution in [0.15, 0.2) is 29.2 Å². The monoisotopic (exact) mass is 307 g/mol. The molecule has 0 bridgehead atoms. The molecule has 2 aliphatic carbocycles. The Morgan fingerprint density at radius 1 is 1.05 bits per heavy atom. The first-order valence-corrected chi connectivity index (χ1v) is 9.93. The van der Waals surface area contributed by atoms with Gasteiger partial charge in [-0.3, -0.25) is 0 Å². The van der Waals surface area contributed by atoms with Crippen molar-refractivity contribution in [2.45, 2.75) is 62.3 Å². The Kier molecular flexibility index (Phi) is 4.00. The summed E-state index contributed by atoms with van der Waals surface area (Å²) in [6.07, 6.45) is 11.8. The molecule has 0 radical (unpaired) electrons. The molecule has 1 spiro atoms. The van der Waals surface area contributed by atoms with Crippen LogP contribution in [-0.2, 0) is 9.84 Å². The van der Waals surface area contributed by atoms with Crippen LogP contribution in [0.2, 0.25) is 0 Å². The molecule has 4 heteroatoms. The van der Waals surface area contributed by atoms with E-state index in [2.05, 4.69) is 5.32 Å². The van der Waals surface area contributed by atoms with Crippen molar-refractivity contribution in [2.75, 3.05) is 11.6 Å². The van der Waals surface area contributed by atoms with Crippen molar-refractivity contribution in [1.82, 2.24) is 0 Å². The first-order valence-electron chi connectivity index (χ1n) is 8.04. The summed E-state index contributed by atoms with van der Waals surface area (Å²) in [5.74, 6) is 0. The molecule has 3 rings (SSSR count). The van der Waals surface area contributed by atoms with Crippen LogP contribution >= 0.6 is 0 Å². The zero-order valence-electron chi connectivity index (χ0n) is 12.8. The van der Waals surface area contributed by atoms with Gasteiger partial charge in [0.1, 0.15) is 0 Å². The highest BCUT2D eigenvalue weighted by Gasteiger charge is 2.37. The summed E-state index contributed by atoms with van der Waals surface area (Å²) in [5, 5.41) is 3.48. The molecule has 0 atom stereocenters. The van der Waals surface area contributed by atoms with E-state index in [1.165, 1.54) is 44.8 Å². The first kappa shape index (κ1) is 14.9. The van der Waals surface area contributed by atoms with E-state index in [1.54, 1.807) is 12.1 Å². The van der Waals surface area contributed by atoms with Crippen LogP contribution in [0.3, 0.4) is 0 Å². The third-order valence-corrected chi connectivity index (χ3v) is 6.51. The van der Waals surface area contributed by atoms with Gasteiger partial charge in [-0.15, -0.1) is 0 Å². The smallest absolute Gasteiger partial charge is 0.177 e. The largest absolute Gasteiger partial charge is 0.381 e. The van der Waals surface area contributed by atoms with Gasteiger partial charge in [-0.2, -0.15) is 0 Å². The van der Waals surface area contributed by atoms with Crippen LogP contribution in [0.1, 0.15) is 51.4 Å². The Labute approximate surface area is 128 Å². The van der Waals surface area contributed by atoms with E-state index in [-0.39, 0.29) is 0 Å². The molecule has 0 aliphatic heterocycles. The number of para-hydroxylation sites is 1. The summed E-state index contributed by atoms with van der Waals surface area (Å²) in [4.78, 5) is 0.422. The number of rotatable bonds is 3. The van der Waals surface area contributed by atoms with Crippen molar-refractivity contribution in [3.8, 4) is 0 Å². The second-order valence-corrected chi connectivity index (χ2v) is 8.88. The molecule has 1 N–H and O–H groups in total. The van der Waals surface area contributed by atoms with Crippen LogP contribution in [0.4, 0.5) is 5.69 Å². The van der Waals surface area contributed by atoms with E-state index in [0.717, 1.165) is 18.5 Å². The molecule has 0 amide bonds. The maximum absolute atomic E-state index is 11.9. The summed E-state index contributed by atoms with van der Waals surface area (Å²) in [6.45, 7) is 0. The minimum Gasteiger partial charge on any atom is -0.381 e. The number of sulfone groups is 1. The lowest BCUT2D eigenvalue weighted by Crippen LogP contribution is -2.32. The van der Waals surface area contributed by atoms with Gasteiger partial charge in [0.15, 0.2) is 9.84 Å². The summed E-state index contributed by atoms with van der Waals surface area (Å²) < 4.78 is 23.7. The fourth-order valence-electron chi connectivity index (χ4n) is 4.13. The first-order chi connectivity index (χ1) is 9.99. The van der Waals surface area contributed by atoms with Gasteiger partial charge in [-0.1, -0.05) is 25.0 Å². The van der Waals surface area contributed by atoms with Crippen molar-refractivity contribution >= 4 is 15.5 Å². The standard InChI is InChI=1S/C17H25NO2S/c1-21(19,20)16-7-3-2-6-15(16)18-14-8-12-17(13-9-14)10-4-5-11-17/h2-3,6-7,14,18H,4-5,8-13H2,1H3. The molecule has 0 unspecified atom stereocenters. The second-order valence-electron chi connectivity index (χ2n) is 6.89. The molecule has 2 fully saturated rings. The van der Waals surface area contributed by atoms with Crippen molar-refractivity contribution in [3.63, 3.8) is 0 Å². The van der Waals surface area contributed by atoms with E-state index in [4.69, 9.17) is 0 Å². The van der Waals surface area contributed by atoms with Crippen LogP contribution in [-0.4, -0.2) is 20.7 Å². The van der Waals surface area contributed by atoms with Crippen molar-refractivity contribution < 1.29 is 8.42 Å². The molecule has 1 aromatic carbocycles. The van der Waals surface area contributed by atoms with Gasteiger partial charge in [-0.25, -0.2) is 8.42 Å². The minimum absolute atomic E-state index is 0.416. The average molecular weight is 307 g/mol. The fraction of sp³-hybridized carbons (Fsp3) is 0.647. The topological polar surface area (TPSA) is 46.2 Å². The van der Waals surface area contributed by atoms with E-state index < -0.39 is 9.84 Å². The Morgan fingerprint density at radius 3 is 2.29 bits per heavy atom. The Morgan fingerprint density at radius 2 is 1.67 bits per heavy atom. The number of hydrogen-bond donors (Lipinski definition) is 1. The third kappa shape index (κ3) is 3.25. The molecule has 0 heterocycles. The molecule has 2 saturated carbocycles. The summed E-state index contributed by atoms with van der Waals surface area (Å²) in [6, 6.07) is 7.68. The lowest BCUT2D eigenvalue weighted by atomic mass is 9.71. The van der Waals surface area contributed by atoms with Gasteiger partial charge in [0.25, 0.3) is 0 Å². The van der Waals surface area contributed by atoms with Crippen LogP contribution in [0, 0.1) is 5.41 Å². The Hall–Kier alpha value is -1.03. The third-order valence-electron chi connectivity index (χ3n) is 5.36. The maximum Gasteiger partial charge on any atom is 0.177 e. The minimum atomic E-state index is -3.17. The van der Waals surface area contributed by atoms with Gasteiger partial charge in [0, 0.05) is 12.3 Å². The predicted octanol–water partition coefficient (Wildman–Crippen LogP) is 4.01. The molecule has 0 saturated heterocycles. The van der Waals surface area contributed by atoms with E-state index >= 15 is 0 Å². The number of hydrogen-bond acceptors (Lipinski definition) is 3. The van der Waals surface area contributed by atoms with Gasteiger partial charge in [0.2, 0.25) is 0 Å². The van der Waals surface area contributed by atoms with Gasteiger partial charge < -0.3 is 5.32 Å². The van der Waals surface area contributed by atoms with E-state index in [0.29, 0.717) is 16.4 Å². The quantitative estimate of drug-likeness (QED) is 0.918. The van der Waals surface area contributed by atoms with Crippen LogP contribution in [0.25, 0.3) is 0 Å².